The summed E-state index contributed by atoms with van der Waals surface area (Å²) in [6.07, 6.45) is 10.1. The molecule has 0 aromatic carbocycles. The van der Waals surface area contributed by atoms with Gasteiger partial charge in [-0.15, -0.1) is 0 Å². The summed E-state index contributed by atoms with van der Waals surface area (Å²) in [5.74, 6) is 4.67. The first-order valence-corrected chi connectivity index (χ1v) is 9.27. The molecule has 20 heavy (non-hydrogen) atoms. The van der Waals surface area contributed by atoms with Crippen LogP contribution in [0.5, 0.6) is 0 Å². The van der Waals surface area contributed by atoms with Crippen LogP contribution in [0.2, 0.25) is 0 Å². The average molecular weight is 281 g/mol. The first-order valence-electron chi connectivity index (χ1n) is 9.27. The molecule has 0 N–H and O–H groups in total. The van der Waals surface area contributed by atoms with Crippen LogP contribution in [0.25, 0.3) is 0 Å². The molecule has 0 saturated heterocycles. The predicted molar refractivity (Wildman–Crippen MR) is 91.9 cm³/mol. The van der Waals surface area contributed by atoms with Crippen molar-refractivity contribution in [2.24, 2.45) is 35.0 Å². The molecular weight excluding hydrogens is 240 g/mol. The Kier molecular flexibility index (Phi) is 7.09. The van der Waals surface area contributed by atoms with Crippen molar-refractivity contribution in [3.63, 3.8) is 0 Å². The highest BCUT2D eigenvalue weighted by Crippen LogP contribution is 2.47. The molecule has 0 amide bonds. The monoisotopic (exact) mass is 280 g/mol. The van der Waals surface area contributed by atoms with Gasteiger partial charge in [0, 0.05) is 0 Å². The zero-order valence-corrected chi connectivity index (χ0v) is 15.3. The molecule has 1 fully saturated rings. The minimum absolute atomic E-state index is 0.570. The number of hydrogen-bond acceptors (Lipinski definition) is 0. The molecule has 0 spiro atoms. The smallest absolute Gasteiger partial charge is 0.0326 e. The molecule has 0 nitrogen and oxygen atoms in total. The Hall–Kier alpha value is 0. The van der Waals surface area contributed by atoms with Crippen LogP contribution in [0.4, 0.5) is 0 Å². The van der Waals surface area contributed by atoms with Gasteiger partial charge in [-0.1, -0.05) is 80.6 Å². The van der Waals surface area contributed by atoms with Crippen molar-refractivity contribution in [1.82, 2.24) is 0 Å². The lowest BCUT2D eigenvalue weighted by molar-refractivity contribution is 0.0597. The van der Waals surface area contributed by atoms with Crippen LogP contribution in [0.15, 0.2) is 0 Å². The van der Waals surface area contributed by atoms with Gasteiger partial charge in [0.25, 0.3) is 0 Å². The first-order chi connectivity index (χ1) is 9.27. The SMILES string of the molecule is CCC(C)[C@@H](C)CCCCC1CC(C)C(C)(C)CC1C. The third kappa shape index (κ3) is 5.08. The Morgan fingerprint density at radius 1 is 1.05 bits per heavy atom. The van der Waals surface area contributed by atoms with E-state index in [-0.39, 0.29) is 0 Å². The highest BCUT2D eigenvalue weighted by molar-refractivity contribution is 4.87. The van der Waals surface area contributed by atoms with E-state index in [4.69, 9.17) is 0 Å². The topological polar surface area (TPSA) is 0 Å². The summed E-state index contributed by atoms with van der Waals surface area (Å²) >= 11 is 0. The molecular formula is C20H40. The molecule has 0 heterocycles. The van der Waals surface area contributed by atoms with Crippen molar-refractivity contribution in [2.45, 2.75) is 93.4 Å². The minimum Gasteiger partial charge on any atom is -0.0651 e. The van der Waals surface area contributed by atoms with Gasteiger partial charge in [-0.25, -0.2) is 0 Å². The molecule has 1 rings (SSSR count). The normalized spacial score (nSPS) is 32.9. The van der Waals surface area contributed by atoms with Crippen molar-refractivity contribution < 1.29 is 0 Å². The molecule has 0 aliphatic heterocycles. The van der Waals surface area contributed by atoms with E-state index in [0.717, 1.165) is 29.6 Å². The molecule has 4 unspecified atom stereocenters. The molecule has 0 bridgehead atoms. The maximum absolute atomic E-state index is 2.50. The third-order valence-corrected chi connectivity index (χ3v) is 6.74. The van der Waals surface area contributed by atoms with Crippen molar-refractivity contribution >= 4 is 0 Å². The molecule has 120 valence electrons. The standard InChI is InChI=1S/C20H40/c1-8-15(2)16(3)11-9-10-12-19-13-18(5)20(6,7)14-17(19)4/h15-19H,8-14H2,1-7H3/t15?,16-,17?,18?,19?/m0/s1. The molecule has 0 aromatic rings. The van der Waals surface area contributed by atoms with Crippen LogP contribution in [0.1, 0.15) is 93.4 Å². The number of rotatable bonds is 7. The maximum atomic E-state index is 2.50. The third-order valence-electron chi connectivity index (χ3n) is 6.74. The minimum atomic E-state index is 0.570. The van der Waals surface area contributed by atoms with Crippen molar-refractivity contribution in [3.05, 3.63) is 0 Å². The molecule has 0 radical (unpaired) electrons. The van der Waals surface area contributed by atoms with Crippen molar-refractivity contribution in [2.75, 3.05) is 0 Å². The lowest BCUT2D eigenvalue weighted by Gasteiger charge is -2.44. The Balaban J connectivity index is 2.26. The van der Waals surface area contributed by atoms with E-state index in [2.05, 4.69) is 48.5 Å². The molecule has 1 aliphatic carbocycles. The maximum Gasteiger partial charge on any atom is -0.0326 e. The van der Waals surface area contributed by atoms with E-state index >= 15 is 0 Å². The number of unbranched alkanes of at least 4 members (excludes halogenated alkanes) is 1. The predicted octanol–water partition coefficient (Wildman–Crippen LogP) is 6.94. The van der Waals surface area contributed by atoms with E-state index < -0.39 is 0 Å². The fourth-order valence-corrected chi connectivity index (χ4v) is 4.17. The first kappa shape index (κ1) is 18.1. The quantitative estimate of drug-likeness (QED) is 0.443. The van der Waals surface area contributed by atoms with Gasteiger partial charge in [0.05, 0.1) is 0 Å². The Morgan fingerprint density at radius 2 is 1.70 bits per heavy atom. The van der Waals surface area contributed by atoms with E-state index in [1.165, 1.54) is 44.9 Å². The highest BCUT2D eigenvalue weighted by Gasteiger charge is 2.37. The fourth-order valence-electron chi connectivity index (χ4n) is 4.17. The summed E-state index contributed by atoms with van der Waals surface area (Å²) in [4.78, 5) is 0. The lowest BCUT2D eigenvalue weighted by atomic mass is 9.61. The summed E-state index contributed by atoms with van der Waals surface area (Å²) in [5, 5.41) is 0. The van der Waals surface area contributed by atoms with Gasteiger partial charge in [-0.2, -0.15) is 0 Å². The molecule has 0 heteroatoms. The van der Waals surface area contributed by atoms with E-state index in [9.17, 15) is 0 Å². The van der Waals surface area contributed by atoms with Gasteiger partial charge < -0.3 is 0 Å². The molecule has 0 aromatic heterocycles. The van der Waals surface area contributed by atoms with E-state index in [1.54, 1.807) is 0 Å². The Bertz CT molecular complexity index is 265. The van der Waals surface area contributed by atoms with Crippen LogP contribution in [0, 0.1) is 35.0 Å². The summed E-state index contributed by atoms with van der Waals surface area (Å²) < 4.78 is 0. The second kappa shape index (κ2) is 7.85. The van der Waals surface area contributed by atoms with Gasteiger partial charge in [0.2, 0.25) is 0 Å². The van der Waals surface area contributed by atoms with E-state index in [1.807, 2.05) is 0 Å². The summed E-state index contributed by atoms with van der Waals surface area (Å²) in [6, 6.07) is 0. The summed E-state index contributed by atoms with van der Waals surface area (Å²) in [7, 11) is 0. The zero-order chi connectivity index (χ0) is 15.3. The van der Waals surface area contributed by atoms with Gasteiger partial charge in [0.1, 0.15) is 0 Å². The highest BCUT2D eigenvalue weighted by atomic mass is 14.4. The van der Waals surface area contributed by atoms with Crippen LogP contribution >= 0.6 is 0 Å². The Labute approximate surface area is 129 Å². The van der Waals surface area contributed by atoms with Crippen molar-refractivity contribution in [3.8, 4) is 0 Å². The van der Waals surface area contributed by atoms with Gasteiger partial charge in [0.15, 0.2) is 0 Å². The van der Waals surface area contributed by atoms with Crippen LogP contribution < -0.4 is 0 Å². The van der Waals surface area contributed by atoms with Crippen LogP contribution in [0.3, 0.4) is 0 Å². The van der Waals surface area contributed by atoms with Crippen LogP contribution in [-0.4, -0.2) is 0 Å². The molecule has 1 aliphatic rings. The molecule has 1 saturated carbocycles. The second-order valence-corrected chi connectivity index (χ2v) is 8.71. The Morgan fingerprint density at radius 3 is 2.30 bits per heavy atom. The lowest BCUT2D eigenvalue weighted by Crippen LogP contribution is -2.35. The summed E-state index contributed by atoms with van der Waals surface area (Å²) in [5.41, 5.74) is 0.570. The summed E-state index contributed by atoms with van der Waals surface area (Å²) in [6.45, 7) is 17.1. The zero-order valence-electron chi connectivity index (χ0n) is 15.3. The average Bonchev–Trinajstić information content (AvgIpc) is 2.38. The van der Waals surface area contributed by atoms with Crippen molar-refractivity contribution in [1.29, 1.82) is 0 Å². The van der Waals surface area contributed by atoms with E-state index in [0.29, 0.717) is 5.41 Å². The van der Waals surface area contributed by atoms with Crippen LogP contribution in [-0.2, 0) is 0 Å². The van der Waals surface area contributed by atoms with Gasteiger partial charge in [-0.05, 0) is 47.8 Å². The largest absolute Gasteiger partial charge is 0.0651 e. The fraction of sp³-hybridized carbons (Fsp3) is 1.00. The number of hydrogen-bond donors (Lipinski definition) is 0. The molecule has 5 atom stereocenters. The van der Waals surface area contributed by atoms with Gasteiger partial charge in [-0.3, -0.25) is 0 Å². The second-order valence-electron chi connectivity index (χ2n) is 8.71. The van der Waals surface area contributed by atoms with Gasteiger partial charge >= 0.3 is 0 Å².